The first-order valence-electron chi connectivity index (χ1n) is 7.03. The summed E-state index contributed by atoms with van der Waals surface area (Å²) in [5.41, 5.74) is 1.13. The van der Waals surface area contributed by atoms with Crippen molar-refractivity contribution in [3.05, 3.63) is 29.8 Å². The van der Waals surface area contributed by atoms with Crippen molar-refractivity contribution in [3.8, 4) is 5.75 Å². The van der Waals surface area contributed by atoms with Crippen LogP contribution in [0.15, 0.2) is 24.3 Å². The van der Waals surface area contributed by atoms with Gasteiger partial charge in [0.25, 0.3) is 0 Å². The fourth-order valence-corrected chi connectivity index (χ4v) is 2.54. The van der Waals surface area contributed by atoms with Gasteiger partial charge in [-0.1, -0.05) is 12.1 Å². The highest BCUT2D eigenvalue weighted by Gasteiger charge is 2.27. The van der Waals surface area contributed by atoms with E-state index >= 15 is 0 Å². The average Bonchev–Trinajstić information content (AvgIpc) is 2.96. The van der Waals surface area contributed by atoms with Crippen molar-refractivity contribution in [2.24, 2.45) is 0 Å². The number of hydrogen-bond acceptors (Lipinski definition) is 3. The number of hydrogen-bond donors (Lipinski definition) is 2. The van der Waals surface area contributed by atoms with Gasteiger partial charge in [-0.25, -0.2) is 4.79 Å². The van der Waals surface area contributed by atoms with Gasteiger partial charge in [-0.05, 0) is 37.0 Å². The number of aliphatic hydroxyl groups is 1. The summed E-state index contributed by atoms with van der Waals surface area (Å²) in [5.74, 6) is 0.828. The molecule has 2 N–H and O–H groups in total. The highest BCUT2D eigenvalue weighted by molar-refractivity contribution is 5.74. The minimum Gasteiger partial charge on any atom is -0.497 e. The number of benzene rings is 1. The van der Waals surface area contributed by atoms with E-state index in [1.165, 1.54) is 0 Å². The molecule has 1 fully saturated rings. The van der Waals surface area contributed by atoms with Gasteiger partial charge in [0.2, 0.25) is 0 Å². The number of rotatable bonds is 5. The third-order valence-corrected chi connectivity index (χ3v) is 3.67. The second-order valence-corrected chi connectivity index (χ2v) is 5.01. The van der Waals surface area contributed by atoms with Crippen molar-refractivity contribution in [3.63, 3.8) is 0 Å². The topological polar surface area (TPSA) is 61.8 Å². The largest absolute Gasteiger partial charge is 0.497 e. The van der Waals surface area contributed by atoms with Gasteiger partial charge in [-0.2, -0.15) is 0 Å². The van der Waals surface area contributed by atoms with Gasteiger partial charge in [0, 0.05) is 13.1 Å². The average molecular weight is 278 g/mol. The van der Waals surface area contributed by atoms with E-state index in [-0.39, 0.29) is 18.7 Å². The lowest BCUT2D eigenvalue weighted by Gasteiger charge is -2.23. The monoisotopic (exact) mass is 278 g/mol. The zero-order valence-corrected chi connectivity index (χ0v) is 11.8. The van der Waals surface area contributed by atoms with Crippen LogP contribution in [0.2, 0.25) is 0 Å². The number of aliphatic hydroxyl groups excluding tert-OH is 1. The van der Waals surface area contributed by atoms with Crippen molar-refractivity contribution in [2.75, 3.05) is 26.8 Å². The van der Waals surface area contributed by atoms with E-state index in [2.05, 4.69) is 5.32 Å². The van der Waals surface area contributed by atoms with Crippen LogP contribution in [0.25, 0.3) is 0 Å². The van der Waals surface area contributed by atoms with Crippen LogP contribution in [0, 0.1) is 0 Å². The van der Waals surface area contributed by atoms with E-state index in [0.717, 1.165) is 37.1 Å². The maximum atomic E-state index is 12.0. The van der Waals surface area contributed by atoms with E-state index in [1.54, 1.807) is 12.0 Å². The lowest BCUT2D eigenvalue weighted by molar-refractivity contribution is 0.157. The fourth-order valence-electron chi connectivity index (χ4n) is 2.54. The zero-order valence-electron chi connectivity index (χ0n) is 11.8. The van der Waals surface area contributed by atoms with Crippen molar-refractivity contribution in [1.29, 1.82) is 0 Å². The minimum absolute atomic E-state index is 0.0215. The molecule has 110 valence electrons. The lowest BCUT2D eigenvalue weighted by Crippen LogP contribution is -2.44. The maximum absolute atomic E-state index is 12.0. The molecule has 0 aliphatic carbocycles. The second kappa shape index (κ2) is 7.14. The summed E-state index contributed by atoms with van der Waals surface area (Å²) < 4.78 is 5.17. The van der Waals surface area contributed by atoms with Crippen LogP contribution >= 0.6 is 0 Å². The van der Waals surface area contributed by atoms with Crippen LogP contribution in [-0.4, -0.2) is 48.9 Å². The molecule has 5 heteroatoms. The summed E-state index contributed by atoms with van der Waals surface area (Å²) in [6, 6.07) is 7.73. The Hall–Kier alpha value is -1.75. The van der Waals surface area contributed by atoms with E-state index in [4.69, 9.17) is 4.74 Å². The number of nitrogens with zero attached hydrogens (tertiary/aromatic N) is 1. The SMILES string of the molecule is COc1cccc(CCNC(=O)N2CCC[C@H]2CO)c1. The number of likely N-dealkylation sites (tertiary alicyclic amines) is 1. The third kappa shape index (κ3) is 3.63. The maximum Gasteiger partial charge on any atom is 0.317 e. The molecule has 1 atom stereocenters. The van der Waals surface area contributed by atoms with Crippen molar-refractivity contribution < 1.29 is 14.6 Å². The van der Waals surface area contributed by atoms with E-state index in [9.17, 15) is 9.90 Å². The number of amides is 2. The Kier molecular flexibility index (Phi) is 5.24. The second-order valence-electron chi connectivity index (χ2n) is 5.01. The smallest absolute Gasteiger partial charge is 0.317 e. The summed E-state index contributed by atoms with van der Waals surface area (Å²) in [6.07, 6.45) is 2.62. The molecule has 1 aliphatic rings. The quantitative estimate of drug-likeness (QED) is 0.856. The van der Waals surface area contributed by atoms with Crippen molar-refractivity contribution in [2.45, 2.75) is 25.3 Å². The molecular weight excluding hydrogens is 256 g/mol. The number of ether oxygens (including phenoxy) is 1. The standard InChI is InChI=1S/C15H22N2O3/c1-20-14-6-2-4-12(10-14)7-8-16-15(19)17-9-3-5-13(17)11-18/h2,4,6,10,13,18H,3,5,7-9,11H2,1H3,(H,16,19)/t13-/m0/s1. The Bertz CT molecular complexity index is 450. The molecule has 2 amide bonds. The fraction of sp³-hybridized carbons (Fsp3) is 0.533. The van der Waals surface area contributed by atoms with Gasteiger partial charge in [0.1, 0.15) is 5.75 Å². The molecule has 0 bridgehead atoms. The normalized spacial score (nSPS) is 18.1. The van der Waals surface area contributed by atoms with E-state index in [1.807, 2.05) is 24.3 Å². The van der Waals surface area contributed by atoms with Crippen LogP contribution in [-0.2, 0) is 6.42 Å². The van der Waals surface area contributed by atoms with Crippen LogP contribution in [0.4, 0.5) is 4.79 Å². The predicted molar refractivity (Wildman–Crippen MR) is 76.9 cm³/mol. The summed E-state index contributed by atoms with van der Waals surface area (Å²) in [5, 5.41) is 12.1. The molecule has 2 rings (SSSR count). The van der Waals surface area contributed by atoms with Gasteiger partial charge in [0.15, 0.2) is 0 Å². The lowest BCUT2D eigenvalue weighted by atomic mass is 10.1. The molecule has 20 heavy (non-hydrogen) atoms. The van der Waals surface area contributed by atoms with Crippen LogP contribution < -0.4 is 10.1 Å². The summed E-state index contributed by atoms with van der Waals surface area (Å²) in [4.78, 5) is 13.7. The molecule has 0 saturated carbocycles. The van der Waals surface area contributed by atoms with E-state index in [0.29, 0.717) is 6.54 Å². The molecule has 5 nitrogen and oxygen atoms in total. The molecule has 1 heterocycles. The molecule has 0 radical (unpaired) electrons. The summed E-state index contributed by atoms with van der Waals surface area (Å²) in [6.45, 7) is 1.36. The molecule has 0 unspecified atom stereocenters. The van der Waals surface area contributed by atoms with Gasteiger partial charge >= 0.3 is 6.03 Å². The number of carbonyl (C=O) groups is 1. The molecule has 1 aliphatic heterocycles. The first-order chi connectivity index (χ1) is 9.74. The Morgan fingerprint density at radius 1 is 1.55 bits per heavy atom. The Balaban J connectivity index is 1.79. The Morgan fingerprint density at radius 2 is 2.40 bits per heavy atom. The molecule has 1 aromatic carbocycles. The summed E-state index contributed by atoms with van der Waals surface area (Å²) >= 11 is 0. The predicted octanol–water partition coefficient (Wildman–Crippen LogP) is 1.40. The van der Waals surface area contributed by atoms with Crippen LogP contribution in [0.1, 0.15) is 18.4 Å². The number of methoxy groups -OCH3 is 1. The molecule has 1 saturated heterocycles. The molecule has 0 aromatic heterocycles. The minimum atomic E-state index is -0.0792. The van der Waals surface area contributed by atoms with Crippen molar-refractivity contribution in [1.82, 2.24) is 10.2 Å². The first-order valence-corrected chi connectivity index (χ1v) is 7.03. The third-order valence-electron chi connectivity index (χ3n) is 3.67. The number of urea groups is 1. The highest BCUT2D eigenvalue weighted by atomic mass is 16.5. The van der Waals surface area contributed by atoms with Gasteiger partial charge in [0.05, 0.1) is 19.8 Å². The molecule has 0 spiro atoms. The van der Waals surface area contributed by atoms with Gasteiger partial charge in [-0.3, -0.25) is 0 Å². The number of nitrogens with one attached hydrogen (secondary N) is 1. The van der Waals surface area contributed by atoms with Crippen molar-refractivity contribution >= 4 is 6.03 Å². The zero-order chi connectivity index (χ0) is 14.4. The first kappa shape index (κ1) is 14.7. The summed E-state index contributed by atoms with van der Waals surface area (Å²) in [7, 11) is 1.64. The highest BCUT2D eigenvalue weighted by Crippen LogP contribution is 2.16. The van der Waals surface area contributed by atoms with Gasteiger partial charge < -0.3 is 20.1 Å². The number of carbonyl (C=O) groups excluding carboxylic acids is 1. The van der Waals surface area contributed by atoms with Gasteiger partial charge in [-0.15, -0.1) is 0 Å². The Morgan fingerprint density at radius 3 is 3.15 bits per heavy atom. The Labute approximate surface area is 119 Å². The van der Waals surface area contributed by atoms with E-state index < -0.39 is 0 Å². The molecule has 1 aromatic rings. The molecular formula is C15H22N2O3. The van der Waals surface area contributed by atoms with Crippen LogP contribution in [0.5, 0.6) is 5.75 Å². The van der Waals surface area contributed by atoms with Crippen LogP contribution in [0.3, 0.4) is 0 Å².